The molecule has 0 aliphatic heterocycles. The lowest BCUT2D eigenvalue weighted by atomic mass is 10.0. The first-order chi connectivity index (χ1) is 53.4. The van der Waals surface area contributed by atoms with Crippen LogP contribution in [0.1, 0.15) is 186 Å². The third-order valence-corrected chi connectivity index (χ3v) is 14.3. The number of phenolic OH excluding ortho intramolecular Hbond substituents is 8. The van der Waals surface area contributed by atoms with Crippen molar-refractivity contribution in [2.45, 2.75) is 109 Å². The molecular weight excluding hydrogens is 1600 g/mol. The van der Waals surface area contributed by atoms with Gasteiger partial charge in [0.05, 0.1) is 72.0 Å². The van der Waals surface area contributed by atoms with Crippen LogP contribution in [0.3, 0.4) is 0 Å². The summed E-state index contributed by atoms with van der Waals surface area (Å²) in [5.41, 5.74) is 4.83. The average molecular weight is 1720 g/mol. The van der Waals surface area contributed by atoms with Gasteiger partial charge in [-0.05, 0) is 202 Å². The van der Waals surface area contributed by atoms with Crippen LogP contribution in [0.4, 0.5) is 0 Å². The summed E-state index contributed by atoms with van der Waals surface area (Å²) < 4.78 is 33.5. The summed E-state index contributed by atoms with van der Waals surface area (Å²) in [7, 11) is 9.89. The van der Waals surface area contributed by atoms with E-state index in [9.17, 15) is 72.9 Å². The zero-order valence-electron chi connectivity index (χ0n) is 62.8. The number of ether oxygens (including phenoxy) is 7. The Hall–Kier alpha value is -15.3. The van der Waals surface area contributed by atoms with E-state index in [1.54, 1.807) is 95.3 Å². The SMILES string of the molecule is C.C.C.C.C.C.C.C.C.C.COC1=CC(=O)C=C(C)C1=O.COc1cc(C(=O)C=O)cc(C)c1O.COc1cc(C(=O)O)cc(C)c1O.COc1cc(C(=O)O)ccc1O.COc1cc(C=O)cc(C)c1O.COc1cc(C=O)ccc1O.COc1ccccc1O.Cc1cc(C(=O)C=O)ccc1O.O=C(O)c1ccc(O)cc1.O=C(O)c1ccccc1. The fraction of sp³-hybridized carbons (Fsp3) is 0.239. The quantitative estimate of drug-likeness (QED) is 0.0174. The van der Waals surface area contributed by atoms with E-state index in [1.165, 1.54) is 171 Å². The summed E-state index contributed by atoms with van der Waals surface area (Å²) in [6, 6.07) is 41.6. The molecule has 0 spiro atoms. The average Bonchev–Trinajstić information content (AvgIpc) is 0.834. The Balaban J connectivity index is -0.000000143. The van der Waals surface area contributed by atoms with Gasteiger partial charge in [-0.3, -0.25) is 38.4 Å². The van der Waals surface area contributed by atoms with Gasteiger partial charge in [0.25, 0.3) is 0 Å². The Bertz CT molecular complexity index is 4850. The van der Waals surface area contributed by atoms with Gasteiger partial charge in [-0.25, -0.2) is 19.2 Å². The van der Waals surface area contributed by atoms with E-state index in [4.69, 9.17) is 79.1 Å². The van der Waals surface area contributed by atoms with Crippen LogP contribution in [0.5, 0.6) is 80.5 Å². The number of hydrogen-bond donors (Lipinski definition) is 12. The number of aryl methyl sites for hydroxylation is 4. The second kappa shape index (κ2) is 66.7. The number of carboxylic acids is 4. The lowest BCUT2D eigenvalue weighted by Gasteiger charge is -2.07. The van der Waals surface area contributed by atoms with Gasteiger partial charge >= 0.3 is 23.9 Å². The number of carbonyl (C=O) groups is 12. The normalized spacial score (nSPS) is 9.33. The number of hydrogen-bond acceptors (Lipinski definition) is 27. The highest BCUT2D eigenvalue weighted by molar-refractivity contribution is 6.33. The number of rotatable bonds is 17. The highest BCUT2D eigenvalue weighted by atomic mass is 16.5. The summed E-state index contributed by atoms with van der Waals surface area (Å²) in [6.45, 7) is 8.21. The minimum Gasteiger partial charge on any atom is -0.508 e. The van der Waals surface area contributed by atoms with E-state index in [-0.39, 0.29) is 190 Å². The number of methoxy groups -OCH3 is 7. The number of aromatic hydroxyl groups is 8. The Morgan fingerprint density at radius 2 is 0.626 bits per heavy atom. The van der Waals surface area contributed by atoms with E-state index in [0.717, 1.165) is 6.29 Å². The van der Waals surface area contributed by atoms with Crippen molar-refractivity contribution in [3.05, 3.63) is 260 Å². The molecule has 1 aliphatic carbocycles. The number of carbonyl (C=O) groups excluding carboxylic acids is 8. The van der Waals surface area contributed by atoms with E-state index in [0.29, 0.717) is 73.6 Å². The topological polar surface area (TPSA) is 512 Å². The highest BCUT2D eigenvalue weighted by Crippen LogP contribution is 2.34. The fourth-order valence-electron chi connectivity index (χ4n) is 8.27. The van der Waals surface area contributed by atoms with Crippen molar-refractivity contribution < 1.29 is 152 Å². The fourth-order valence-corrected chi connectivity index (χ4v) is 8.27. The van der Waals surface area contributed by atoms with Gasteiger partial charge in [0.15, 0.2) is 93.1 Å². The highest BCUT2D eigenvalue weighted by Gasteiger charge is 2.19. The minimum atomic E-state index is -1.05. The lowest BCUT2D eigenvalue weighted by molar-refractivity contribution is -0.117. The lowest BCUT2D eigenvalue weighted by Crippen LogP contribution is -2.13. The van der Waals surface area contributed by atoms with E-state index < -0.39 is 35.4 Å². The zero-order chi connectivity index (χ0) is 85.8. The predicted octanol–water partition coefficient (Wildman–Crippen LogP) is 18.3. The second-order valence-electron chi connectivity index (χ2n) is 22.2. The maximum absolute atomic E-state index is 11.1. The Labute approximate surface area is 720 Å². The van der Waals surface area contributed by atoms with Crippen molar-refractivity contribution in [2.75, 3.05) is 49.8 Å². The molecule has 0 saturated heterocycles. The summed E-state index contributed by atoms with van der Waals surface area (Å²) in [6.07, 6.45) is 4.38. The molecule has 0 aromatic heterocycles. The number of Topliss-reactive ketones (excluding diaryl/α,β-unsaturated/α-hetero) is 3. The smallest absolute Gasteiger partial charge is 0.335 e. The second-order valence-corrected chi connectivity index (χ2v) is 22.2. The molecule has 31 heteroatoms. The molecule has 676 valence electrons. The van der Waals surface area contributed by atoms with Crippen molar-refractivity contribution in [2.24, 2.45) is 0 Å². The van der Waals surface area contributed by atoms with Gasteiger partial charge in [0, 0.05) is 33.9 Å². The standard InChI is InChI=1S/C10H10O4.C9H10O4.C9H10O3.C9H8O3.C8H8O4.2C8H8O3.C7H6O3.C7H8O2.C7H6O2.10CH4/c1-6-3-7(8(12)5-11)4-9(14-2)10(6)13;1-5-3-6(9(11)12)4-7(13-2)8(5)10;1-6-3-7(5-10)4-8(12-2)9(6)11;1-6-4-7(9(12)5-10)2-3-8(6)11;1-12-7-4-5(8(10)11)2-3-6(7)9;1-5-3-6(9)4-7(11-2)8(5)10;1-11-8-4-6(5-9)2-3-7(8)10;8-6-3-1-5(2-4-6)7(9)10;1-9-7-5-3-2-4-6(7)8;8-7(9)6-4-2-1-3-5-6;;;;;;;;;;/h3-5,13H,1-2H3;3-4,10H,1-2H3,(H,11,12);3-5,11H,1-2H3;2-5,11H,1H3;2-4,9H,1H3,(H,10,11);3-4H,1-2H3;2-5,10H,1H3;1-4,8H,(H,9,10);2-5,8H,1H3;1-5H,(H,8,9);10*1H4. The first kappa shape index (κ1) is 128. The number of carboxylic acid groups (broad SMARTS) is 4. The molecule has 0 radical (unpaired) electrons. The van der Waals surface area contributed by atoms with Gasteiger partial charge in [0.2, 0.25) is 17.3 Å². The van der Waals surface area contributed by atoms with E-state index >= 15 is 0 Å². The summed E-state index contributed by atoms with van der Waals surface area (Å²) in [5.74, 6) is -3.36. The molecule has 0 amide bonds. The molecule has 0 fully saturated rings. The van der Waals surface area contributed by atoms with Crippen LogP contribution in [0.15, 0.2) is 193 Å². The molecule has 1 aliphatic rings. The van der Waals surface area contributed by atoms with Crippen LogP contribution in [0.2, 0.25) is 0 Å². The van der Waals surface area contributed by atoms with Crippen LogP contribution in [0, 0.1) is 27.7 Å². The molecule has 9 aromatic rings. The van der Waals surface area contributed by atoms with E-state index in [1.807, 2.05) is 0 Å². The summed E-state index contributed by atoms with van der Waals surface area (Å²) >= 11 is 0. The summed E-state index contributed by atoms with van der Waals surface area (Å²) in [4.78, 5) is 126. The molecule has 31 nitrogen and oxygen atoms in total. The largest absolute Gasteiger partial charge is 0.508 e. The molecule has 10 rings (SSSR count). The number of benzene rings is 9. The third-order valence-electron chi connectivity index (χ3n) is 14.3. The van der Waals surface area contributed by atoms with Crippen LogP contribution in [-0.4, -0.2) is 183 Å². The number of phenols is 8. The van der Waals surface area contributed by atoms with Crippen molar-refractivity contribution in [1.82, 2.24) is 0 Å². The molecule has 9 aromatic carbocycles. The Morgan fingerprint density at radius 3 is 1.02 bits per heavy atom. The number of allylic oxidation sites excluding steroid dienone is 3. The predicted molar refractivity (Wildman–Crippen MR) is 475 cm³/mol. The maximum Gasteiger partial charge on any atom is 0.335 e. The molecule has 0 atom stereocenters. The molecular formula is C92H122O31. The first-order valence-corrected chi connectivity index (χ1v) is 32.1. The van der Waals surface area contributed by atoms with Gasteiger partial charge in [-0.1, -0.05) is 105 Å². The minimum absolute atomic E-state index is 0. The van der Waals surface area contributed by atoms with Gasteiger partial charge in [-0.2, -0.15) is 0 Å². The van der Waals surface area contributed by atoms with Crippen LogP contribution in [-0.2, 0) is 23.9 Å². The van der Waals surface area contributed by atoms with Crippen LogP contribution < -0.4 is 28.4 Å². The number of ketones is 4. The Morgan fingerprint density at radius 1 is 0.293 bits per heavy atom. The molecule has 0 unspecified atom stereocenters. The van der Waals surface area contributed by atoms with Crippen molar-refractivity contribution in [3.63, 3.8) is 0 Å². The maximum atomic E-state index is 11.1. The zero-order valence-corrected chi connectivity index (χ0v) is 62.8. The third kappa shape index (κ3) is 44.2. The summed E-state index contributed by atoms with van der Waals surface area (Å²) in [5, 5.41) is 107. The van der Waals surface area contributed by atoms with E-state index in [2.05, 4.69) is 0 Å². The van der Waals surface area contributed by atoms with Crippen molar-refractivity contribution in [1.29, 1.82) is 0 Å². The molecule has 123 heavy (non-hydrogen) atoms. The molecule has 0 saturated carbocycles. The van der Waals surface area contributed by atoms with Crippen molar-refractivity contribution in [3.8, 4) is 80.5 Å². The van der Waals surface area contributed by atoms with Crippen LogP contribution in [0.25, 0.3) is 0 Å². The van der Waals surface area contributed by atoms with Crippen molar-refractivity contribution >= 4 is 72.2 Å². The van der Waals surface area contributed by atoms with Gasteiger partial charge < -0.3 is 94.4 Å². The molecule has 0 bridgehead atoms. The molecule has 12 N–H and O–H groups in total. The number of aldehydes is 4. The first-order valence-electron chi connectivity index (χ1n) is 32.1. The van der Waals surface area contributed by atoms with Gasteiger partial charge in [0.1, 0.15) is 24.1 Å². The molecule has 0 heterocycles. The number of aromatic carboxylic acids is 4. The van der Waals surface area contributed by atoms with Crippen LogP contribution >= 0.6 is 0 Å². The van der Waals surface area contributed by atoms with Gasteiger partial charge in [-0.15, -0.1) is 0 Å². The monoisotopic (exact) mass is 1720 g/mol. The Kier molecular flexibility index (Phi) is 69.6. The number of para-hydroxylation sites is 2.